The number of carbonyl (C=O) groups is 2. The maximum absolute atomic E-state index is 11.9. The van der Waals surface area contributed by atoms with E-state index >= 15 is 0 Å². The van der Waals surface area contributed by atoms with E-state index in [-0.39, 0.29) is 17.2 Å². The number of nitrogens with zero attached hydrogens (tertiary/aromatic N) is 1. The second kappa shape index (κ2) is 7.87. The van der Waals surface area contributed by atoms with Crippen molar-refractivity contribution < 1.29 is 19.1 Å². The fourth-order valence-corrected chi connectivity index (χ4v) is 1.81. The molecule has 0 aliphatic carbocycles. The van der Waals surface area contributed by atoms with E-state index in [1.807, 2.05) is 0 Å². The molecule has 24 heavy (non-hydrogen) atoms. The van der Waals surface area contributed by atoms with E-state index in [9.17, 15) is 14.4 Å². The van der Waals surface area contributed by atoms with Crippen LogP contribution in [0.1, 0.15) is 29.8 Å². The number of aromatic nitrogens is 2. The van der Waals surface area contributed by atoms with Crippen molar-refractivity contribution in [3.05, 3.63) is 58.1 Å². The van der Waals surface area contributed by atoms with E-state index in [1.165, 1.54) is 25.4 Å². The van der Waals surface area contributed by atoms with Crippen LogP contribution in [0, 0.1) is 0 Å². The van der Waals surface area contributed by atoms with Gasteiger partial charge in [0.2, 0.25) is 5.88 Å². The van der Waals surface area contributed by atoms with Gasteiger partial charge in [-0.15, -0.1) is 0 Å². The molecule has 124 valence electrons. The van der Waals surface area contributed by atoms with E-state index in [1.54, 1.807) is 31.2 Å². The van der Waals surface area contributed by atoms with Crippen LogP contribution in [0.2, 0.25) is 0 Å². The molecular weight excluding hydrogens is 312 g/mol. The van der Waals surface area contributed by atoms with E-state index in [4.69, 9.17) is 9.47 Å². The first kappa shape index (κ1) is 17.1. The van der Waals surface area contributed by atoms with Crippen molar-refractivity contribution in [2.24, 2.45) is 0 Å². The number of ketones is 1. The number of hydrogen-bond donors (Lipinski definition) is 1. The summed E-state index contributed by atoms with van der Waals surface area (Å²) in [4.78, 5) is 40.9. The van der Waals surface area contributed by atoms with Gasteiger partial charge >= 0.3 is 5.97 Å². The Morgan fingerprint density at radius 1 is 1.25 bits per heavy atom. The van der Waals surface area contributed by atoms with Crippen LogP contribution in [-0.2, 0) is 9.53 Å². The largest absolute Gasteiger partial charge is 0.462 e. The van der Waals surface area contributed by atoms with E-state index in [0.717, 1.165) is 0 Å². The Balaban J connectivity index is 2.25. The van der Waals surface area contributed by atoms with Gasteiger partial charge in [-0.1, -0.05) is 0 Å². The molecule has 7 nitrogen and oxygen atoms in total. The number of aromatic amines is 1. The minimum Gasteiger partial charge on any atom is -0.462 e. The van der Waals surface area contributed by atoms with Crippen molar-refractivity contribution in [1.29, 1.82) is 0 Å². The lowest BCUT2D eigenvalue weighted by atomic mass is 10.2. The summed E-state index contributed by atoms with van der Waals surface area (Å²) in [5, 5.41) is 0. The molecule has 0 atom stereocenters. The molecule has 0 unspecified atom stereocenters. The van der Waals surface area contributed by atoms with E-state index in [0.29, 0.717) is 17.9 Å². The molecule has 0 bridgehead atoms. The number of rotatable bonds is 6. The first-order chi connectivity index (χ1) is 11.5. The van der Waals surface area contributed by atoms with Crippen molar-refractivity contribution >= 4 is 17.8 Å². The molecule has 2 aromatic rings. The van der Waals surface area contributed by atoms with Gasteiger partial charge in [-0.05, 0) is 50.3 Å². The van der Waals surface area contributed by atoms with Crippen molar-refractivity contribution in [1.82, 2.24) is 9.97 Å². The molecular formula is C17H16N2O5. The van der Waals surface area contributed by atoms with Gasteiger partial charge in [-0.25, -0.2) is 9.78 Å². The number of esters is 1. The monoisotopic (exact) mass is 328 g/mol. The number of benzene rings is 1. The highest BCUT2D eigenvalue weighted by molar-refractivity contribution is 5.91. The van der Waals surface area contributed by atoms with Crippen LogP contribution in [0.25, 0.3) is 6.08 Å². The summed E-state index contributed by atoms with van der Waals surface area (Å²) in [5.74, 6) is -0.190. The van der Waals surface area contributed by atoms with Crippen LogP contribution in [0.5, 0.6) is 11.6 Å². The standard InChI is InChI=1S/C17H16N2O5/c1-3-23-17(22)12-5-7-13(8-6-12)24-16-14(9-4-11(2)20)15(21)18-10-19-16/h4-10H,3H2,1-2H3,(H,18,19,21)/b9-4+. The number of nitrogens with one attached hydrogen (secondary N) is 1. The van der Waals surface area contributed by atoms with Gasteiger partial charge < -0.3 is 14.5 Å². The van der Waals surface area contributed by atoms with Gasteiger partial charge in [0.1, 0.15) is 11.3 Å². The molecule has 0 saturated heterocycles. The predicted octanol–water partition coefficient (Wildman–Crippen LogP) is 2.34. The third kappa shape index (κ3) is 4.39. The van der Waals surface area contributed by atoms with Crippen molar-refractivity contribution in [3.8, 4) is 11.6 Å². The van der Waals surface area contributed by atoms with Crippen LogP contribution in [0.15, 0.2) is 41.5 Å². The average molecular weight is 328 g/mol. The van der Waals surface area contributed by atoms with Crippen LogP contribution < -0.4 is 10.3 Å². The second-order valence-electron chi connectivity index (χ2n) is 4.74. The molecule has 1 aromatic carbocycles. The summed E-state index contributed by atoms with van der Waals surface area (Å²) in [7, 11) is 0. The first-order valence-electron chi connectivity index (χ1n) is 7.22. The Bertz CT molecular complexity index is 822. The zero-order valence-electron chi connectivity index (χ0n) is 13.2. The lowest BCUT2D eigenvalue weighted by molar-refractivity contribution is -0.112. The minimum atomic E-state index is -0.430. The average Bonchev–Trinajstić information content (AvgIpc) is 2.55. The zero-order chi connectivity index (χ0) is 17.5. The molecule has 2 rings (SSSR count). The SMILES string of the molecule is CCOC(=O)c1ccc(Oc2nc[nH]c(=O)c2/C=C/C(C)=O)cc1. The summed E-state index contributed by atoms with van der Waals surface area (Å²) < 4.78 is 10.5. The second-order valence-corrected chi connectivity index (χ2v) is 4.74. The summed E-state index contributed by atoms with van der Waals surface area (Å²) >= 11 is 0. The topological polar surface area (TPSA) is 98.3 Å². The Kier molecular flexibility index (Phi) is 5.62. The molecule has 1 aromatic heterocycles. The quantitative estimate of drug-likeness (QED) is 0.645. The Hall–Kier alpha value is -3.22. The molecule has 0 aliphatic heterocycles. The van der Waals surface area contributed by atoms with Gasteiger partial charge in [0.15, 0.2) is 5.78 Å². The van der Waals surface area contributed by atoms with Crippen molar-refractivity contribution in [2.75, 3.05) is 6.61 Å². The molecule has 1 N–H and O–H groups in total. The van der Waals surface area contributed by atoms with Gasteiger partial charge in [-0.3, -0.25) is 9.59 Å². The van der Waals surface area contributed by atoms with Crippen LogP contribution in [0.4, 0.5) is 0 Å². The molecule has 1 heterocycles. The third-order valence-corrected chi connectivity index (χ3v) is 2.92. The van der Waals surface area contributed by atoms with Crippen LogP contribution >= 0.6 is 0 Å². The number of hydrogen-bond acceptors (Lipinski definition) is 6. The maximum atomic E-state index is 11.9. The number of ether oxygens (including phenoxy) is 2. The van der Waals surface area contributed by atoms with Crippen LogP contribution in [0.3, 0.4) is 0 Å². The van der Waals surface area contributed by atoms with E-state index < -0.39 is 11.5 Å². The Morgan fingerprint density at radius 2 is 1.96 bits per heavy atom. The number of carbonyl (C=O) groups excluding carboxylic acids is 2. The van der Waals surface area contributed by atoms with Crippen LogP contribution in [-0.4, -0.2) is 28.3 Å². The van der Waals surface area contributed by atoms with Gasteiger partial charge in [-0.2, -0.15) is 0 Å². The smallest absolute Gasteiger partial charge is 0.338 e. The summed E-state index contributed by atoms with van der Waals surface area (Å²) in [6.07, 6.45) is 3.80. The number of H-pyrrole nitrogens is 1. The zero-order valence-corrected chi connectivity index (χ0v) is 13.2. The van der Waals surface area contributed by atoms with Crippen molar-refractivity contribution in [2.45, 2.75) is 13.8 Å². The highest BCUT2D eigenvalue weighted by Gasteiger charge is 2.10. The fourth-order valence-electron chi connectivity index (χ4n) is 1.81. The van der Waals surface area contributed by atoms with Gasteiger partial charge in [0.25, 0.3) is 5.56 Å². The molecule has 0 amide bonds. The van der Waals surface area contributed by atoms with E-state index in [2.05, 4.69) is 9.97 Å². The number of allylic oxidation sites excluding steroid dienone is 1. The highest BCUT2D eigenvalue weighted by atomic mass is 16.5. The summed E-state index contributed by atoms with van der Waals surface area (Å²) in [5.41, 5.74) is 0.0857. The molecule has 0 radical (unpaired) electrons. The lowest BCUT2D eigenvalue weighted by Crippen LogP contribution is -2.11. The minimum absolute atomic E-state index is 0.0557. The molecule has 0 saturated carbocycles. The fraction of sp³-hybridized carbons (Fsp3) is 0.176. The maximum Gasteiger partial charge on any atom is 0.338 e. The van der Waals surface area contributed by atoms with Gasteiger partial charge in [0, 0.05) is 0 Å². The summed E-state index contributed by atoms with van der Waals surface area (Å²) in [6, 6.07) is 6.22. The van der Waals surface area contributed by atoms with Crippen molar-refractivity contribution in [3.63, 3.8) is 0 Å². The van der Waals surface area contributed by atoms with Gasteiger partial charge in [0.05, 0.1) is 18.5 Å². The summed E-state index contributed by atoms with van der Waals surface area (Å²) in [6.45, 7) is 3.39. The third-order valence-electron chi connectivity index (χ3n) is 2.92. The lowest BCUT2D eigenvalue weighted by Gasteiger charge is -2.07. The first-order valence-corrected chi connectivity index (χ1v) is 7.22. The molecule has 0 fully saturated rings. The predicted molar refractivity (Wildman–Crippen MR) is 87.0 cm³/mol. The Labute approximate surface area is 138 Å². The molecule has 0 aliphatic rings. The molecule has 7 heteroatoms. The molecule has 0 spiro atoms. The normalized spacial score (nSPS) is 10.6. The Morgan fingerprint density at radius 3 is 2.58 bits per heavy atom. The highest BCUT2D eigenvalue weighted by Crippen LogP contribution is 2.22.